The number of hydrogen-bond acceptors (Lipinski definition) is 5. The first-order chi connectivity index (χ1) is 7.79. The standard InChI is InChI=1S/C10H8N4OS/c11-4-9-8(2-1-3-12-9)13-5-7-6-16-10(15)14-7/h1-3,6,13H,5H2,(H,14,15). The van der Waals surface area contributed by atoms with Crippen LogP contribution in [0.3, 0.4) is 0 Å². The molecule has 80 valence electrons. The summed E-state index contributed by atoms with van der Waals surface area (Å²) >= 11 is 1.12. The number of aromatic amines is 1. The van der Waals surface area contributed by atoms with Gasteiger partial charge in [-0.05, 0) is 12.1 Å². The van der Waals surface area contributed by atoms with Gasteiger partial charge < -0.3 is 10.3 Å². The molecule has 6 heteroatoms. The number of anilines is 1. The molecule has 2 rings (SSSR count). The van der Waals surface area contributed by atoms with Crippen molar-refractivity contribution in [1.29, 1.82) is 5.26 Å². The van der Waals surface area contributed by atoms with Gasteiger partial charge in [-0.15, -0.1) is 0 Å². The molecule has 0 bridgehead atoms. The van der Waals surface area contributed by atoms with Gasteiger partial charge in [0, 0.05) is 17.3 Å². The second kappa shape index (κ2) is 4.59. The Balaban J connectivity index is 2.11. The maximum absolute atomic E-state index is 10.9. The summed E-state index contributed by atoms with van der Waals surface area (Å²) in [7, 11) is 0. The van der Waals surface area contributed by atoms with Crippen LogP contribution in [0.15, 0.2) is 28.5 Å². The van der Waals surface area contributed by atoms with E-state index in [1.165, 1.54) is 0 Å². The molecule has 0 aliphatic carbocycles. The molecule has 0 atom stereocenters. The van der Waals surface area contributed by atoms with Crippen LogP contribution < -0.4 is 10.2 Å². The largest absolute Gasteiger partial charge is 0.377 e. The summed E-state index contributed by atoms with van der Waals surface area (Å²) in [5.41, 5.74) is 1.81. The maximum Gasteiger partial charge on any atom is 0.304 e. The minimum atomic E-state index is -0.0801. The van der Waals surface area contributed by atoms with Crippen LogP contribution in [0.2, 0.25) is 0 Å². The average molecular weight is 232 g/mol. The summed E-state index contributed by atoms with van der Waals surface area (Å²) in [6.45, 7) is 0.471. The van der Waals surface area contributed by atoms with Gasteiger partial charge >= 0.3 is 4.87 Å². The fourth-order valence-electron chi connectivity index (χ4n) is 1.23. The molecule has 0 aromatic carbocycles. The Labute approximate surface area is 95.4 Å². The quantitative estimate of drug-likeness (QED) is 0.836. The molecule has 0 spiro atoms. The van der Waals surface area contributed by atoms with Crippen LogP contribution in [0.4, 0.5) is 5.69 Å². The summed E-state index contributed by atoms with van der Waals surface area (Å²) in [5.74, 6) is 0. The molecule has 2 aromatic rings. The van der Waals surface area contributed by atoms with Crippen LogP contribution in [0.25, 0.3) is 0 Å². The number of nitrogens with one attached hydrogen (secondary N) is 2. The summed E-state index contributed by atoms with van der Waals surface area (Å²) in [4.78, 5) is 17.4. The van der Waals surface area contributed by atoms with Crippen LogP contribution in [-0.4, -0.2) is 9.97 Å². The zero-order chi connectivity index (χ0) is 11.4. The second-order valence-electron chi connectivity index (χ2n) is 3.04. The fraction of sp³-hybridized carbons (Fsp3) is 0.100. The lowest BCUT2D eigenvalue weighted by Crippen LogP contribution is -2.04. The van der Waals surface area contributed by atoms with Gasteiger partial charge in [0.25, 0.3) is 0 Å². The number of thiazole rings is 1. The van der Waals surface area contributed by atoms with E-state index in [4.69, 9.17) is 5.26 Å². The number of nitrogens with zero attached hydrogens (tertiary/aromatic N) is 2. The minimum Gasteiger partial charge on any atom is -0.377 e. The van der Waals surface area contributed by atoms with E-state index in [-0.39, 0.29) is 4.87 Å². The van der Waals surface area contributed by atoms with Crippen molar-refractivity contribution in [3.8, 4) is 6.07 Å². The van der Waals surface area contributed by atoms with Gasteiger partial charge in [-0.2, -0.15) is 5.26 Å². The average Bonchev–Trinajstić information content (AvgIpc) is 2.73. The third kappa shape index (κ3) is 2.27. The molecule has 0 amide bonds. The van der Waals surface area contributed by atoms with Crippen molar-refractivity contribution in [2.75, 3.05) is 5.32 Å². The Kier molecular flexibility index (Phi) is 2.98. The highest BCUT2D eigenvalue weighted by Gasteiger charge is 2.02. The normalized spacial score (nSPS) is 9.69. The molecule has 0 aliphatic rings. The van der Waals surface area contributed by atoms with Crippen molar-refractivity contribution in [2.24, 2.45) is 0 Å². The van der Waals surface area contributed by atoms with Crippen LogP contribution in [0, 0.1) is 11.3 Å². The predicted octanol–water partition coefficient (Wildman–Crippen LogP) is 1.32. The van der Waals surface area contributed by atoms with Gasteiger partial charge in [0.2, 0.25) is 0 Å². The Morgan fingerprint density at radius 2 is 2.50 bits per heavy atom. The third-order valence-electron chi connectivity index (χ3n) is 1.95. The molecular weight excluding hydrogens is 224 g/mol. The number of rotatable bonds is 3. The molecule has 0 saturated carbocycles. The number of pyridine rings is 1. The Bertz CT molecular complexity index is 581. The maximum atomic E-state index is 10.9. The van der Waals surface area contributed by atoms with Crippen LogP contribution in [-0.2, 0) is 6.54 Å². The zero-order valence-corrected chi connectivity index (χ0v) is 9.04. The van der Waals surface area contributed by atoms with Gasteiger partial charge in [0.1, 0.15) is 6.07 Å². The van der Waals surface area contributed by atoms with Crippen LogP contribution in [0.1, 0.15) is 11.4 Å². The van der Waals surface area contributed by atoms with Crippen molar-refractivity contribution in [2.45, 2.75) is 6.54 Å². The van der Waals surface area contributed by atoms with Gasteiger partial charge in [0.15, 0.2) is 5.69 Å². The van der Waals surface area contributed by atoms with Gasteiger partial charge in [-0.1, -0.05) is 11.3 Å². The van der Waals surface area contributed by atoms with E-state index in [0.29, 0.717) is 17.9 Å². The molecule has 16 heavy (non-hydrogen) atoms. The summed E-state index contributed by atoms with van der Waals surface area (Å²) in [6.07, 6.45) is 1.57. The number of hydrogen-bond donors (Lipinski definition) is 2. The summed E-state index contributed by atoms with van der Waals surface area (Å²) in [5, 5.41) is 13.6. The molecule has 0 aliphatic heterocycles. The molecule has 0 radical (unpaired) electrons. The summed E-state index contributed by atoms with van der Waals surface area (Å²) < 4.78 is 0. The highest BCUT2D eigenvalue weighted by Crippen LogP contribution is 2.11. The Hall–Kier alpha value is -2.13. The number of H-pyrrole nitrogens is 1. The molecule has 2 N–H and O–H groups in total. The predicted molar refractivity (Wildman–Crippen MR) is 61.2 cm³/mol. The van der Waals surface area contributed by atoms with Gasteiger partial charge in [-0.25, -0.2) is 4.98 Å². The lowest BCUT2D eigenvalue weighted by Gasteiger charge is -2.04. The molecule has 0 fully saturated rings. The molecular formula is C10H8N4OS. The first-order valence-electron chi connectivity index (χ1n) is 4.55. The van der Waals surface area contributed by atoms with E-state index in [1.807, 2.05) is 6.07 Å². The van der Waals surface area contributed by atoms with Crippen molar-refractivity contribution < 1.29 is 0 Å². The van der Waals surface area contributed by atoms with E-state index in [1.54, 1.807) is 23.7 Å². The van der Waals surface area contributed by atoms with Gasteiger partial charge in [0.05, 0.1) is 12.2 Å². The number of nitriles is 1. The third-order valence-corrected chi connectivity index (χ3v) is 2.67. The topological polar surface area (TPSA) is 81.6 Å². The highest BCUT2D eigenvalue weighted by molar-refractivity contribution is 7.07. The van der Waals surface area contributed by atoms with Gasteiger partial charge in [-0.3, -0.25) is 4.79 Å². The SMILES string of the molecule is N#Cc1ncccc1NCc1csc(=O)[nH]1. The molecule has 2 aromatic heterocycles. The lowest BCUT2D eigenvalue weighted by molar-refractivity contribution is 1.05. The molecule has 5 nitrogen and oxygen atoms in total. The van der Waals surface area contributed by atoms with Crippen molar-refractivity contribution in [1.82, 2.24) is 9.97 Å². The molecule has 2 heterocycles. The highest BCUT2D eigenvalue weighted by atomic mass is 32.1. The molecule has 0 unspecified atom stereocenters. The Morgan fingerprint density at radius 3 is 3.19 bits per heavy atom. The second-order valence-corrected chi connectivity index (χ2v) is 3.88. The van der Waals surface area contributed by atoms with E-state index < -0.39 is 0 Å². The van der Waals surface area contributed by atoms with E-state index in [0.717, 1.165) is 17.0 Å². The smallest absolute Gasteiger partial charge is 0.304 e. The minimum absolute atomic E-state index is 0.0801. The molecule has 0 saturated heterocycles. The van der Waals surface area contributed by atoms with E-state index >= 15 is 0 Å². The zero-order valence-electron chi connectivity index (χ0n) is 8.23. The lowest BCUT2D eigenvalue weighted by atomic mass is 10.3. The monoisotopic (exact) mass is 232 g/mol. The summed E-state index contributed by atoms with van der Waals surface area (Å²) in [6, 6.07) is 5.52. The number of aromatic nitrogens is 2. The fourth-order valence-corrected chi connectivity index (χ4v) is 1.81. The first kappa shape index (κ1) is 10.4. The van der Waals surface area contributed by atoms with E-state index in [2.05, 4.69) is 15.3 Å². The van der Waals surface area contributed by atoms with Crippen molar-refractivity contribution >= 4 is 17.0 Å². The first-order valence-corrected chi connectivity index (χ1v) is 5.43. The van der Waals surface area contributed by atoms with E-state index in [9.17, 15) is 4.79 Å². The van der Waals surface area contributed by atoms with Crippen LogP contribution >= 0.6 is 11.3 Å². The van der Waals surface area contributed by atoms with Crippen molar-refractivity contribution in [3.05, 3.63) is 44.8 Å². The van der Waals surface area contributed by atoms with Crippen LogP contribution in [0.5, 0.6) is 0 Å². The Morgan fingerprint density at radius 1 is 1.62 bits per heavy atom. The van der Waals surface area contributed by atoms with Crippen molar-refractivity contribution in [3.63, 3.8) is 0 Å².